The Hall–Kier alpha value is -4.19. The maximum Gasteiger partial charge on any atom is 0.317 e. The summed E-state index contributed by atoms with van der Waals surface area (Å²) in [5.41, 5.74) is 2.28. The van der Waals surface area contributed by atoms with Gasteiger partial charge in [0.15, 0.2) is 5.82 Å². The van der Waals surface area contributed by atoms with Crippen LogP contribution >= 0.6 is 0 Å². The summed E-state index contributed by atoms with van der Waals surface area (Å²) in [6, 6.07) is 17.5. The SMILES string of the molecule is CC1(C(=O)NCCO)COC(c2nc(-c3ccc(F)cc3)c(-c3ccnc(OCc4ccccc4)n3)[nH]2)OC1. The Kier molecular flexibility index (Phi) is 7.92. The quantitative estimate of drug-likeness (QED) is 0.298. The van der Waals surface area contributed by atoms with Gasteiger partial charge >= 0.3 is 6.01 Å². The predicted molar refractivity (Wildman–Crippen MR) is 139 cm³/mol. The van der Waals surface area contributed by atoms with Gasteiger partial charge in [-0.15, -0.1) is 0 Å². The van der Waals surface area contributed by atoms with E-state index in [0.29, 0.717) is 35.1 Å². The van der Waals surface area contributed by atoms with Gasteiger partial charge in [0.2, 0.25) is 12.2 Å². The zero-order chi connectivity index (χ0) is 27.2. The number of aromatic amines is 1. The maximum absolute atomic E-state index is 13.7. The van der Waals surface area contributed by atoms with E-state index in [4.69, 9.17) is 24.3 Å². The lowest BCUT2D eigenvalue weighted by Crippen LogP contribution is -2.49. The average molecular weight is 534 g/mol. The van der Waals surface area contributed by atoms with E-state index in [-0.39, 0.29) is 44.1 Å². The zero-order valence-electron chi connectivity index (χ0n) is 21.3. The molecule has 11 heteroatoms. The Morgan fingerprint density at radius 2 is 1.87 bits per heavy atom. The summed E-state index contributed by atoms with van der Waals surface area (Å²) >= 11 is 0. The lowest BCUT2D eigenvalue weighted by molar-refractivity contribution is -0.231. The van der Waals surface area contributed by atoms with Crippen molar-refractivity contribution in [3.8, 4) is 28.7 Å². The molecule has 0 bridgehead atoms. The van der Waals surface area contributed by atoms with Gasteiger partial charge in [-0.25, -0.2) is 14.4 Å². The second-order valence-electron chi connectivity index (χ2n) is 9.35. The molecule has 202 valence electrons. The zero-order valence-corrected chi connectivity index (χ0v) is 21.3. The molecule has 3 N–H and O–H groups in total. The summed E-state index contributed by atoms with van der Waals surface area (Å²) in [4.78, 5) is 29.2. The van der Waals surface area contributed by atoms with Crippen molar-refractivity contribution in [2.24, 2.45) is 5.41 Å². The topological polar surface area (TPSA) is 131 Å². The molecule has 0 radical (unpaired) electrons. The van der Waals surface area contributed by atoms with Crippen molar-refractivity contribution in [2.45, 2.75) is 19.8 Å². The average Bonchev–Trinajstić information content (AvgIpc) is 3.42. The maximum atomic E-state index is 13.7. The Labute approximate surface area is 224 Å². The highest BCUT2D eigenvalue weighted by Gasteiger charge is 2.40. The fourth-order valence-electron chi connectivity index (χ4n) is 4.06. The third-order valence-electron chi connectivity index (χ3n) is 6.22. The summed E-state index contributed by atoms with van der Waals surface area (Å²) in [6.07, 6.45) is 0.717. The first kappa shape index (κ1) is 26.4. The number of aromatic nitrogens is 4. The van der Waals surface area contributed by atoms with Crippen LogP contribution in [0.3, 0.4) is 0 Å². The minimum Gasteiger partial charge on any atom is -0.459 e. The lowest BCUT2D eigenvalue weighted by Gasteiger charge is -2.35. The summed E-state index contributed by atoms with van der Waals surface area (Å²) in [5, 5.41) is 11.6. The van der Waals surface area contributed by atoms with Crippen LogP contribution in [0.25, 0.3) is 22.6 Å². The van der Waals surface area contributed by atoms with Gasteiger partial charge in [-0.1, -0.05) is 30.3 Å². The van der Waals surface area contributed by atoms with Crippen molar-refractivity contribution in [3.63, 3.8) is 0 Å². The number of aliphatic hydroxyl groups excluding tert-OH is 1. The molecule has 1 fully saturated rings. The minimum atomic E-state index is -0.918. The van der Waals surface area contributed by atoms with E-state index in [9.17, 15) is 9.18 Å². The van der Waals surface area contributed by atoms with Crippen LogP contribution in [-0.4, -0.2) is 57.3 Å². The van der Waals surface area contributed by atoms with Crippen LogP contribution in [0.15, 0.2) is 66.9 Å². The number of ether oxygens (including phenoxy) is 3. The molecule has 0 aliphatic carbocycles. The number of rotatable bonds is 9. The van der Waals surface area contributed by atoms with Crippen LogP contribution in [0.4, 0.5) is 4.39 Å². The molecule has 1 amide bonds. The standard InChI is InChI=1S/C28H28FN5O5/c1-28(26(36)30-13-14-35)16-38-25(39-17-28)24-33-22(19-7-9-20(29)10-8-19)23(34-24)21-11-12-31-27(32-21)37-15-18-5-3-2-4-6-18/h2-12,25,35H,13-17H2,1H3,(H,30,36)(H,33,34). The van der Waals surface area contributed by atoms with Crippen molar-refractivity contribution < 1.29 is 28.5 Å². The van der Waals surface area contributed by atoms with Crippen LogP contribution in [0.5, 0.6) is 6.01 Å². The van der Waals surface area contributed by atoms with E-state index in [0.717, 1.165) is 5.56 Å². The van der Waals surface area contributed by atoms with Gasteiger partial charge in [0.05, 0.1) is 42.3 Å². The van der Waals surface area contributed by atoms with Crippen molar-refractivity contribution in [3.05, 3.63) is 84.1 Å². The van der Waals surface area contributed by atoms with Crippen LogP contribution in [0, 0.1) is 11.2 Å². The van der Waals surface area contributed by atoms with Crippen molar-refractivity contribution in [1.82, 2.24) is 25.3 Å². The van der Waals surface area contributed by atoms with E-state index in [1.165, 1.54) is 12.1 Å². The Morgan fingerprint density at radius 3 is 2.59 bits per heavy atom. The third kappa shape index (κ3) is 6.11. The molecule has 0 spiro atoms. The molecule has 10 nitrogen and oxygen atoms in total. The van der Waals surface area contributed by atoms with Gasteiger partial charge in [0, 0.05) is 18.3 Å². The number of nitrogens with one attached hydrogen (secondary N) is 2. The first-order valence-corrected chi connectivity index (χ1v) is 12.4. The monoisotopic (exact) mass is 533 g/mol. The van der Waals surface area contributed by atoms with Crippen molar-refractivity contribution >= 4 is 5.91 Å². The van der Waals surface area contributed by atoms with Crippen molar-refractivity contribution in [2.75, 3.05) is 26.4 Å². The van der Waals surface area contributed by atoms with Gasteiger partial charge < -0.3 is 29.6 Å². The first-order chi connectivity index (χ1) is 18.9. The number of halogens is 1. The van der Waals surface area contributed by atoms with E-state index < -0.39 is 11.7 Å². The third-order valence-corrected chi connectivity index (χ3v) is 6.22. The minimum absolute atomic E-state index is 0.0851. The molecule has 5 rings (SSSR count). The molecule has 0 atom stereocenters. The van der Waals surface area contributed by atoms with Crippen LogP contribution in [0.2, 0.25) is 0 Å². The van der Waals surface area contributed by atoms with Gasteiger partial charge in [-0.3, -0.25) is 4.79 Å². The highest BCUT2D eigenvalue weighted by Crippen LogP contribution is 2.35. The Balaban J connectivity index is 1.41. The van der Waals surface area contributed by atoms with Crippen LogP contribution in [-0.2, 0) is 20.9 Å². The van der Waals surface area contributed by atoms with Gasteiger partial charge in [-0.05, 0) is 42.8 Å². The van der Waals surface area contributed by atoms with Gasteiger partial charge in [0.25, 0.3) is 0 Å². The largest absolute Gasteiger partial charge is 0.459 e. The fourth-order valence-corrected chi connectivity index (χ4v) is 4.06. The molecule has 1 saturated heterocycles. The number of hydrogen-bond acceptors (Lipinski definition) is 8. The number of benzene rings is 2. The van der Waals surface area contributed by atoms with Gasteiger partial charge in [-0.2, -0.15) is 4.98 Å². The first-order valence-electron chi connectivity index (χ1n) is 12.4. The molecular weight excluding hydrogens is 505 g/mol. The normalized spacial score (nSPS) is 19.0. The lowest BCUT2D eigenvalue weighted by atomic mass is 9.91. The van der Waals surface area contributed by atoms with E-state index in [1.54, 1.807) is 31.3 Å². The number of aliphatic hydroxyl groups is 1. The second kappa shape index (κ2) is 11.7. The number of hydrogen-bond donors (Lipinski definition) is 3. The van der Waals surface area contributed by atoms with Crippen LogP contribution in [0.1, 0.15) is 24.6 Å². The number of H-pyrrole nitrogens is 1. The van der Waals surface area contributed by atoms with Crippen LogP contribution < -0.4 is 10.1 Å². The molecule has 0 unspecified atom stereocenters. The second-order valence-corrected chi connectivity index (χ2v) is 9.35. The number of carbonyl (C=O) groups excluding carboxylic acids is 1. The number of amides is 1. The Bertz CT molecular complexity index is 1410. The molecule has 1 aliphatic rings. The highest BCUT2D eigenvalue weighted by atomic mass is 19.1. The molecular formula is C28H28FN5O5. The predicted octanol–water partition coefficient (Wildman–Crippen LogP) is 3.41. The summed E-state index contributed by atoms with van der Waals surface area (Å²) in [6.45, 7) is 2.19. The Morgan fingerprint density at radius 1 is 1.13 bits per heavy atom. The summed E-state index contributed by atoms with van der Waals surface area (Å²) in [7, 11) is 0. The van der Waals surface area contributed by atoms with Crippen molar-refractivity contribution in [1.29, 1.82) is 0 Å². The molecule has 2 aromatic carbocycles. The van der Waals surface area contributed by atoms with E-state index >= 15 is 0 Å². The number of nitrogens with zero attached hydrogens (tertiary/aromatic N) is 3. The molecule has 39 heavy (non-hydrogen) atoms. The molecule has 4 aromatic rings. The number of imidazole rings is 1. The van der Waals surface area contributed by atoms with Gasteiger partial charge in [0.1, 0.15) is 12.4 Å². The summed E-state index contributed by atoms with van der Waals surface area (Å²) < 4.78 is 31.3. The molecule has 2 aromatic heterocycles. The fraction of sp³-hybridized carbons (Fsp3) is 0.286. The molecule has 3 heterocycles. The molecule has 1 aliphatic heterocycles. The molecule has 0 saturated carbocycles. The van der Waals surface area contributed by atoms with E-state index in [1.807, 2.05) is 30.3 Å². The van der Waals surface area contributed by atoms with E-state index in [2.05, 4.69) is 20.3 Å². The number of carbonyl (C=O) groups is 1. The highest BCUT2D eigenvalue weighted by molar-refractivity contribution is 5.82. The summed E-state index contributed by atoms with van der Waals surface area (Å²) in [5.74, 6) is -0.272. The smallest absolute Gasteiger partial charge is 0.317 e.